The largest absolute Gasteiger partial charge is 0.425 e. The highest BCUT2D eigenvalue weighted by Gasteiger charge is 2.37. The number of anilines is 2. The Kier molecular flexibility index (Phi) is 5.73. The van der Waals surface area contributed by atoms with E-state index in [1.165, 1.54) is 18.2 Å². The number of benzene rings is 1. The van der Waals surface area contributed by atoms with Gasteiger partial charge in [-0.3, -0.25) is 4.90 Å². The molecule has 1 aromatic carbocycles. The average Bonchev–Trinajstić information content (AvgIpc) is 3.05. The molecule has 4 rings (SSSR count). The first-order valence-corrected chi connectivity index (χ1v) is 10.4. The summed E-state index contributed by atoms with van der Waals surface area (Å²) in [4.78, 5) is 8.22. The van der Waals surface area contributed by atoms with E-state index in [0.717, 1.165) is 19.0 Å². The average molecular weight is 442 g/mol. The molecule has 1 atom stereocenters. The summed E-state index contributed by atoms with van der Waals surface area (Å²) in [6, 6.07) is 5.42. The number of hydrogen-bond donors (Lipinski definition) is 1. The van der Waals surface area contributed by atoms with E-state index in [0.29, 0.717) is 58.8 Å². The number of methoxy groups -OCH3 is 1. The number of piperazine rings is 1. The van der Waals surface area contributed by atoms with Crippen molar-refractivity contribution in [2.45, 2.75) is 18.6 Å². The van der Waals surface area contributed by atoms with Gasteiger partial charge in [0, 0.05) is 39.4 Å². The summed E-state index contributed by atoms with van der Waals surface area (Å²) in [5, 5.41) is 3.28. The molecule has 0 spiro atoms. The topological polar surface area (TPSA) is 40.1 Å². The van der Waals surface area contributed by atoms with Gasteiger partial charge >= 0.3 is 6.18 Å². The molecule has 0 bridgehead atoms. The monoisotopic (exact) mass is 442 g/mol. The summed E-state index contributed by atoms with van der Waals surface area (Å²) in [5.41, 5.74) is 1.24. The lowest BCUT2D eigenvalue weighted by Crippen LogP contribution is -2.53. The van der Waals surface area contributed by atoms with Crippen LogP contribution in [0.3, 0.4) is 0 Å². The van der Waals surface area contributed by atoms with Crippen molar-refractivity contribution in [2.24, 2.45) is 4.99 Å². The highest BCUT2D eigenvalue weighted by molar-refractivity contribution is 7.16. The summed E-state index contributed by atoms with van der Waals surface area (Å²) < 4.78 is 59.2. The molecule has 3 heterocycles. The molecule has 2 aliphatic rings. The van der Waals surface area contributed by atoms with Crippen LogP contribution in [-0.2, 0) is 10.9 Å². The number of rotatable bonds is 3. The Balaban J connectivity index is 1.76. The van der Waals surface area contributed by atoms with Crippen LogP contribution in [0.5, 0.6) is 0 Å². The fraction of sp³-hybridized carbons (Fsp3) is 0.450. The minimum atomic E-state index is -4.46. The molecule has 2 aliphatic heterocycles. The number of nitrogens with one attached hydrogen (secondary N) is 1. The number of amidine groups is 1. The van der Waals surface area contributed by atoms with E-state index in [-0.39, 0.29) is 6.04 Å². The molecule has 30 heavy (non-hydrogen) atoms. The van der Waals surface area contributed by atoms with Gasteiger partial charge in [-0.2, -0.15) is 13.2 Å². The van der Waals surface area contributed by atoms with Gasteiger partial charge in [-0.15, -0.1) is 11.3 Å². The first-order valence-electron chi connectivity index (χ1n) is 9.57. The van der Waals surface area contributed by atoms with Crippen LogP contribution in [0.15, 0.2) is 29.3 Å². The fourth-order valence-electron chi connectivity index (χ4n) is 3.74. The van der Waals surface area contributed by atoms with Crippen molar-refractivity contribution in [3.05, 3.63) is 40.5 Å². The molecule has 162 valence electrons. The maximum Gasteiger partial charge on any atom is 0.425 e. The molecule has 5 nitrogen and oxygen atoms in total. The van der Waals surface area contributed by atoms with Gasteiger partial charge in [-0.05, 0) is 37.7 Å². The van der Waals surface area contributed by atoms with Crippen LogP contribution in [0.1, 0.15) is 16.9 Å². The predicted molar refractivity (Wildman–Crippen MR) is 110 cm³/mol. The molecule has 10 heteroatoms. The number of halogens is 4. The number of nitrogens with zero attached hydrogens (tertiary/aromatic N) is 3. The second-order valence-electron chi connectivity index (χ2n) is 7.44. The Morgan fingerprint density at radius 2 is 2.07 bits per heavy atom. The molecular weight excluding hydrogens is 420 g/mol. The number of ether oxygens (including phenoxy) is 1. The van der Waals surface area contributed by atoms with Gasteiger partial charge in [0.2, 0.25) is 0 Å². The number of thiophene rings is 1. The highest BCUT2D eigenvalue weighted by Crippen LogP contribution is 2.44. The maximum absolute atomic E-state index is 13.8. The maximum atomic E-state index is 13.8. The second kappa shape index (κ2) is 8.16. The van der Waals surface area contributed by atoms with Crippen LogP contribution >= 0.6 is 11.3 Å². The summed E-state index contributed by atoms with van der Waals surface area (Å²) in [6.45, 7) is 2.60. The van der Waals surface area contributed by atoms with E-state index in [9.17, 15) is 17.6 Å². The van der Waals surface area contributed by atoms with E-state index in [2.05, 4.69) is 15.2 Å². The number of aliphatic imine (C=N–C) groups is 1. The van der Waals surface area contributed by atoms with Crippen LogP contribution in [0.4, 0.5) is 33.9 Å². The second-order valence-corrected chi connectivity index (χ2v) is 8.49. The van der Waals surface area contributed by atoms with Crippen molar-refractivity contribution in [3.8, 4) is 0 Å². The van der Waals surface area contributed by atoms with Crippen LogP contribution in [0.2, 0.25) is 0 Å². The van der Waals surface area contributed by atoms with Crippen LogP contribution in [0.25, 0.3) is 0 Å². The SMILES string of the molecule is COCCC1CN(C2=Nc3ccc(F)cc3Nc3sc(C(F)(F)F)cc32)CCN1C. The van der Waals surface area contributed by atoms with E-state index >= 15 is 0 Å². The molecule has 1 unspecified atom stereocenters. The first kappa shape index (κ1) is 21.1. The van der Waals surface area contributed by atoms with Gasteiger partial charge in [-0.25, -0.2) is 9.38 Å². The Morgan fingerprint density at radius 1 is 1.27 bits per heavy atom. The van der Waals surface area contributed by atoms with Gasteiger partial charge < -0.3 is 15.0 Å². The lowest BCUT2D eigenvalue weighted by Gasteiger charge is -2.40. The van der Waals surface area contributed by atoms with E-state index < -0.39 is 16.9 Å². The zero-order valence-corrected chi connectivity index (χ0v) is 17.4. The summed E-state index contributed by atoms with van der Waals surface area (Å²) in [5.74, 6) is -0.00148. The summed E-state index contributed by atoms with van der Waals surface area (Å²) in [7, 11) is 3.68. The van der Waals surface area contributed by atoms with E-state index in [4.69, 9.17) is 4.74 Å². The van der Waals surface area contributed by atoms with Crippen molar-refractivity contribution in [1.82, 2.24) is 9.80 Å². The fourth-order valence-corrected chi connectivity index (χ4v) is 4.67. The standard InChI is InChI=1S/C20H22F4N4OS/c1-27-6-7-28(11-13(27)5-8-29-2)18-14-10-17(20(22,23)24)30-19(14)26-16-9-12(21)3-4-15(16)25-18/h3-4,9-10,13,26H,5-8,11H2,1-2H3. The molecule has 2 aromatic rings. The molecular formula is C20H22F4N4OS. The molecule has 1 fully saturated rings. The van der Waals surface area contributed by atoms with Crippen LogP contribution < -0.4 is 5.32 Å². The first-order chi connectivity index (χ1) is 14.3. The quantitative estimate of drug-likeness (QED) is 0.700. The zero-order valence-electron chi connectivity index (χ0n) is 16.6. The van der Waals surface area contributed by atoms with Crippen molar-refractivity contribution in [3.63, 3.8) is 0 Å². The summed E-state index contributed by atoms with van der Waals surface area (Å²) >= 11 is 0.612. The highest BCUT2D eigenvalue weighted by atomic mass is 32.1. The lowest BCUT2D eigenvalue weighted by molar-refractivity contribution is -0.134. The van der Waals surface area contributed by atoms with Gasteiger partial charge in [0.1, 0.15) is 21.5 Å². The third-order valence-electron chi connectivity index (χ3n) is 5.42. The minimum Gasteiger partial charge on any atom is -0.385 e. The summed E-state index contributed by atoms with van der Waals surface area (Å²) in [6.07, 6.45) is -3.65. The van der Waals surface area contributed by atoms with Crippen LogP contribution in [-0.4, -0.2) is 62.1 Å². The predicted octanol–water partition coefficient (Wildman–Crippen LogP) is 4.69. The Labute approximate surface area is 176 Å². The third kappa shape index (κ3) is 4.17. The Bertz CT molecular complexity index is 959. The normalized spacial score (nSPS) is 19.6. The van der Waals surface area contributed by atoms with Crippen molar-refractivity contribution >= 4 is 33.5 Å². The van der Waals surface area contributed by atoms with Crippen LogP contribution in [0, 0.1) is 5.82 Å². The number of hydrogen-bond acceptors (Lipinski definition) is 6. The molecule has 0 saturated carbocycles. The van der Waals surface area contributed by atoms with Gasteiger partial charge in [0.15, 0.2) is 0 Å². The molecule has 0 amide bonds. The molecule has 0 radical (unpaired) electrons. The molecule has 0 aliphatic carbocycles. The molecule has 1 saturated heterocycles. The Morgan fingerprint density at radius 3 is 2.80 bits per heavy atom. The van der Waals surface area contributed by atoms with Gasteiger partial charge in [-0.1, -0.05) is 0 Å². The lowest BCUT2D eigenvalue weighted by atomic mass is 10.1. The zero-order chi connectivity index (χ0) is 21.5. The van der Waals surface area contributed by atoms with Gasteiger partial charge in [0.25, 0.3) is 0 Å². The smallest absolute Gasteiger partial charge is 0.385 e. The van der Waals surface area contributed by atoms with Gasteiger partial charge in [0.05, 0.1) is 16.9 Å². The van der Waals surface area contributed by atoms with Crippen molar-refractivity contribution in [1.29, 1.82) is 0 Å². The molecule has 1 N–H and O–H groups in total. The third-order valence-corrected chi connectivity index (χ3v) is 6.51. The molecule has 1 aromatic heterocycles. The van der Waals surface area contributed by atoms with Crippen molar-refractivity contribution < 1.29 is 22.3 Å². The minimum absolute atomic E-state index is 0.189. The number of fused-ring (bicyclic) bond motifs is 2. The van der Waals surface area contributed by atoms with E-state index in [1.54, 1.807) is 7.11 Å². The van der Waals surface area contributed by atoms with Crippen molar-refractivity contribution in [2.75, 3.05) is 45.7 Å². The Hall–Kier alpha value is -2.17. The number of alkyl halides is 3. The number of likely N-dealkylation sites (N-methyl/N-ethyl adjacent to an activating group) is 1. The van der Waals surface area contributed by atoms with E-state index in [1.807, 2.05) is 11.9 Å².